The van der Waals surface area contributed by atoms with Gasteiger partial charge in [0.05, 0.1) is 10.6 Å². The van der Waals surface area contributed by atoms with Crippen molar-refractivity contribution >= 4 is 17.3 Å². The molecule has 1 saturated carbocycles. The Bertz CT molecular complexity index is 444. The third-order valence-electron chi connectivity index (χ3n) is 2.72. The summed E-state index contributed by atoms with van der Waals surface area (Å²) in [5.74, 6) is 0. The van der Waals surface area contributed by atoms with E-state index in [-0.39, 0.29) is 0 Å². The van der Waals surface area contributed by atoms with Crippen molar-refractivity contribution in [1.29, 1.82) is 5.26 Å². The fraction of sp³-hybridized carbons (Fsp3) is 0.308. The molecule has 1 fully saturated rings. The lowest BCUT2D eigenvalue weighted by molar-refractivity contribution is 0.862. The number of rotatable bonds is 4. The highest BCUT2D eigenvalue weighted by Crippen LogP contribution is 2.33. The first-order chi connectivity index (χ1) is 7.76. The van der Waals surface area contributed by atoms with Crippen LogP contribution in [0.2, 0.25) is 5.02 Å². The summed E-state index contributed by atoms with van der Waals surface area (Å²) < 4.78 is 0. The molecule has 82 valence electrons. The first kappa shape index (κ1) is 11.0. The molecular formula is C13H13ClN2. The standard InChI is InChI=1S/C13H13ClN2/c1-2-7-16(11-5-6-11)12-4-3-10(9-15)13(14)8-12/h2-4,8,11H,1,5-7H2. The molecule has 0 saturated heterocycles. The van der Waals surface area contributed by atoms with E-state index in [9.17, 15) is 0 Å². The Morgan fingerprint density at radius 1 is 1.56 bits per heavy atom. The van der Waals surface area contributed by atoms with Gasteiger partial charge in [-0.25, -0.2) is 0 Å². The van der Waals surface area contributed by atoms with Gasteiger partial charge in [-0.05, 0) is 31.0 Å². The van der Waals surface area contributed by atoms with Gasteiger partial charge in [-0.3, -0.25) is 0 Å². The summed E-state index contributed by atoms with van der Waals surface area (Å²) >= 11 is 6.02. The van der Waals surface area contributed by atoms with Crippen molar-refractivity contribution in [2.24, 2.45) is 0 Å². The molecule has 1 aliphatic rings. The summed E-state index contributed by atoms with van der Waals surface area (Å²) in [4.78, 5) is 2.28. The van der Waals surface area contributed by atoms with E-state index >= 15 is 0 Å². The van der Waals surface area contributed by atoms with Crippen molar-refractivity contribution in [2.45, 2.75) is 18.9 Å². The zero-order valence-electron chi connectivity index (χ0n) is 8.99. The largest absolute Gasteiger partial charge is 0.365 e. The molecule has 0 amide bonds. The summed E-state index contributed by atoms with van der Waals surface area (Å²) in [5.41, 5.74) is 1.60. The molecule has 16 heavy (non-hydrogen) atoms. The molecule has 0 spiro atoms. The third kappa shape index (κ3) is 2.20. The van der Waals surface area contributed by atoms with E-state index < -0.39 is 0 Å². The van der Waals surface area contributed by atoms with E-state index in [1.54, 1.807) is 6.07 Å². The molecule has 1 aromatic carbocycles. The van der Waals surface area contributed by atoms with Crippen LogP contribution in [-0.4, -0.2) is 12.6 Å². The quantitative estimate of drug-likeness (QED) is 0.745. The van der Waals surface area contributed by atoms with Crippen LogP contribution in [0.3, 0.4) is 0 Å². The second-order valence-corrected chi connectivity index (χ2v) is 4.36. The molecule has 2 rings (SSSR count). The van der Waals surface area contributed by atoms with Crippen LogP contribution >= 0.6 is 11.6 Å². The van der Waals surface area contributed by atoms with Gasteiger partial charge in [-0.15, -0.1) is 6.58 Å². The van der Waals surface area contributed by atoms with E-state index in [4.69, 9.17) is 16.9 Å². The fourth-order valence-corrected chi connectivity index (χ4v) is 1.98. The van der Waals surface area contributed by atoms with E-state index in [0.717, 1.165) is 12.2 Å². The van der Waals surface area contributed by atoms with Crippen LogP contribution in [0, 0.1) is 11.3 Å². The number of hydrogen-bond acceptors (Lipinski definition) is 2. The second-order valence-electron chi connectivity index (χ2n) is 3.95. The van der Waals surface area contributed by atoms with Crippen molar-refractivity contribution in [3.8, 4) is 6.07 Å². The van der Waals surface area contributed by atoms with Crippen LogP contribution in [-0.2, 0) is 0 Å². The zero-order valence-corrected chi connectivity index (χ0v) is 9.74. The van der Waals surface area contributed by atoms with Crippen molar-refractivity contribution in [1.82, 2.24) is 0 Å². The van der Waals surface area contributed by atoms with E-state index in [1.807, 2.05) is 18.2 Å². The number of benzene rings is 1. The van der Waals surface area contributed by atoms with Crippen molar-refractivity contribution in [3.63, 3.8) is 0 Å². The lowest BCUT2D eigenvalue weighted by Crippen LogP contribution is -2.25. The Balaban J connectivity index is 2.28. The molecule has 1 aromatic rings. The summed E-state index contributed by atoms with van der Waals surface area (Å²) in [6.07, 6.45) is 4.35. The zero-order chi connectivity index (χ0) is 11.5. The normalized spacial score (nSPS) is 14.2. The molecular weight excluding hydrogens is 220 g/mol. The molecule has 0 heterocycles. The van der Waals surface area contributed by atoms with Gasteiger partial charge in [0, 0.05) is 18.3 Å². The van der Waals surface area contributed by atoms with Gasteiger partial charge in [0.25, 0.3) is 0 Å². The highest BCUT2D eigenvalue weighted by atomic mass is 35.5. The summed E-state index contributed by atoms with van der Waals surface area (Å²) in [6.45, 7) is 4.59. The van der Waals surface area contributed by atoms with Crippen molar-refractivity contribution < 1.29 is 0 Å². The molecule has 0 N–H and O–H groups in total. The summed E-state index contributed by atoms with van der Waals surface area (Å²) in [6, 6.07) is 8.27. The number of hydrogen-bond donors (Lipinski definition) is 0. The molecule has 2 nitrogen and oxygen atoms in total. The van der Waals surface area contributed by atoms with Crippen LogP contribution < -0.4 is 4.90 Å². The minimum Gasteiger partial charge on any atom is -0.365 e. The molecule has 0 unspecified atom stereocenters. The maximum atomic E-state index is 8.81. The van der Waals surface area contributed by atoms with Gasteiger partial charge in [-0.2, -0.15) is 5.26 Å². The predicted octanol–water partition coefficient (Wildman–Crippen LogP) is 3.37. The van der Waals surface area contributed by atoms with Gasteiger partial charge in [-0.1, -0.05) is 17.7 Å². The molecule has 0 aromatic heterocycles. The summed E-state index contributed by atoms with van der Waals surface area (Å²) in [5, 5.41) is 9.33. The van der Waals surface area contributed by atoms with Gasteiger partial charge < -0.3 is 4.90 Å². The lowest BCUT2D eigenvalue weighted by atomic mass is 10.2. The maximum absolute atomic E-state index is 8.81. The Labute approximate surface area is 101 Å². The maximum Gasteiger partial charge on any atom is 0.101 e. The number of anilines is 1. The van der Waals surface area contributed by atoms with Crippen LogP contribution in [0.5, 0.6) is 0 Å². The SMILES string of the molecule is C=CCN(c1ccc(C#N)c(Cl)c1)C1CC1. The topological polar surface area (TPSA) is 27.0 Å². The monoisotopic (exact) mass is 232 g/mol. The van der Waals surface area contributed by atoms with Crippen LogP contribution in [0.1, 0.15) is 18.4 Å². The lowest BCUT2D eigenvalue weighted by Gasteiger charge is -2.23. The fourth-order valence-electron chi connectivity index (χ4n) is 1.76. The highest BCUT2D eigenvalue weighted by Gasteiger charge is 2.28. The number of halogens is 1. The molecule has 0 bridgehead atoms. The minimum atomic E-state index is 0.523. The first-order valence-corrected chi connectivity index (χ1v) is 5.71. The molecule has 3 heteroatoms. The van der Waals surface area contributed by atoms with Crippen LogP contribution in [0.4, 0.5) is 5.69 Å². The van der Waals surface area contributed by atoms with Gasteiger partial charge >= 0.3 is 0 Å². The van der Waals surface area contributed by atoms with Crippen LogP contribution in [0.15, 0.2) is 30.9 Å². The minimum absolute atomic E-state index is 0.523. The van der Waals surface area contributed by atoms with Gasteiger partial charge in [0.1, 0.15) is 6.07 Å². The van der Waals surface area contributed by atoms with E-state index in [2.05, 4.69) is 17.5 Å². The second kappa shape index (κ2) is 4.59. The third-order valence-corrected chi connectivity index (χ3v) is 3.03. The highest BCUT2D eigenvalue weighted by molar-refractivity contribution is 6.32. The molecule has 1 aliphatic carbocycles. The Kier molecular flexibility index (Phi) is 3.17. The smallest absolute Gasteiger partial charge is 0.101 e. The first-order valence-electron chi connectivity index (χ1n) is 5.33. The van der Waals surface area contributed by atoms with E-state index in [1.165, 1.54) is 12.8 Å². The van der Waals surface area contributed by atoms with Crippen molar-refractivity contribution in [2.75, 3.05) is 11.4 Å². The number of nitrogens with zero attached hydrogens (tertiary/aromatic N) is 2. The van der Waals surface area contributed by atoms with Gasteiger partial charge in [0.15, 0.2) is 0 Å². The number of nitriles is 1. The summed E-state index contributed by atoms with van der Waals surface area (Å²) in [7, 11) is 0. The molecule has 0 atom stereocenters. The molecule has 0 radical (unpaired) electrons. The average molecular weight is 233 g/mol. The van der Waals surface area contributed by atoms with E-state index in [0.29, 0.717) is 16.6 Å². The van der Waals surface area contributed by atoms with Crippen molar-refractivity contribution in [3.05, 3.63) is 41.4 Å². The van der Waals surface area contributed by atoms with Crippen LogP contribution in [0.25, 0.3) is 0 Å². The van der Waals surface area contributed by atoms with Gasteiger partial charge in [0.2, 0.25) is 0 Å². The Morgan fingerprint density at radius 2 is 2.31 bits per heavy atom. The Hall–Kier alpha value is -1.46. The average Bonchev–Trinajstić information content (AvgIpc) is 3.09. The predicted molar refractivity (Wildman–Crippen MR) is 66.7 cm³/mol. The Morgan fingerprint density at radius 3 is 2.81 bits per heavy atom. The molecule has 0 aliphatic heterocycles.